The number of nitrogens with two attached hydrogens (primary N) is 1. The van der Waals surface area contributed by atoms with Gasteiger partial charge in [0, 0.05) is 18.5 Å². The van der Waals surface area contributed by atoms with Crippen LogP contribution < -0.4 is 10.5 Å². The van der Waals surface area contributed by atoms with Crippen molar-refractivity contribution in [1.29, 1.82) is 0 Å². The number of aromatic nitrogens is 2. The van der Waals surface area contributed by atoms with Crippen LogP contribution in [0, 0.1) is 13.8 Å². The van der Waals surface area contributed by atoms with Gasteiger partial charge in [0.05, 0.1) is 0 Å². The van der Waals surface area contributed by atoms with Crippen LogP contribution in [0.25, 0.3) is 0 Å². The van der Waals surface area contributed by atoms with Crippen molar-refractivity contribution < 1.29 is 9.15 Å². The number of benzene rings is 1. The minimum Gasteiger partial charge on any atom is -0.483 e. The van der Waals surface area contributed by atoms with Crippen molar-refractivity contribution in [3.63, 3.8) is 0 Å². The Balaban J connectivity index is 2.13. The Labute approximate surface area is 106 Å². The molecular formula is C13H17N3O2. The molecule has 5 heteroatoms. The molecule has 1 aromatic carbocycles. The van der Waals surface area contributed by atoms with E-state index in [1.165, 1.54) is 0 Å². The fourth-order valence-electron chi connectivity index (χ4n) is 1.69. The Morgan fingerprint density at radius 2 is 2.11 bits per heavy atom. The monoisotopic (exact) mass is 247 g/mol. The van der Waals surface area contributed by atoms with Gasteiger partial charge in [-0.05, 0) is 19.9 Å². The van der Waals surface area contributed by atoms with Crippen molar-refractivity contribution in [2.75, 3.05) is 0 Å². The Kier molecular flexibility index (Phi) is 3.62. The highest BCUT2D eigenvalue weighted by Crippen LogP contribution is 2.25. The predicted molar refractivity (Wildman–Crippen MR) is 67.1 cm³/mol. The standard InChI is InChI=1S/C13H17N3O2/c1-8-4-5-12(11(6-8)9(2)14)17-7-13-16-15-10(3)18-13/h4-6,9H,7,14H2,1-3H3. The summed E-state index contributed by atoms with van der Waals surface area (Å²) in [7, 11) is 0. The molecule has 0 fully saturated rings. The summed E-state index contributed by atoms with van der Waals surface area (Å²) >= 11 is 0. The highest BCUT2D eigenvalue weighted by Gasteiger charge is 2.10. The highest BCUT2D eigenvalue weighted by atomic mass is 16.5. The summed E-state index contributed by atoms with van der Waals surface area (Å²) in [6.07, 6.45) is 0. The third-order valence-corrected chi connectivity index (χ3v) is 2.57. The minimum atomic E-state index is -0.0793. The molecule has 18 heavy (non-hydrogen) atoms. The normalized spacial score (nSPS) is 12.4. The molecule has 96 valence electrons. The fraction of sp³-hybridized carbons (Fsp3) is 0.385. The zero-order chi connectivity index (χ0) is 13.1. The van der Waals surface area contributed by atoms with Gasteiger partial charge in [-0.25, -0.2) is 0 Å². The van der Waals surface area contributed by atoms with Crippen molar-refractivity contribution in [3.05, 3.63) is 41.1 Å². The predicted octanol–water partition coefficient (Wildman–Crippen LogP) is 2.29. The van der Waals surface area contributed by atoms with Gasteiger partial charge in [0.25, 0.3) is 5.89 Å². The van der Waals surface area contributed by atoms with Gasteiger partial charge in [-0.3, -0.25) is 0 Å². The molecule has 0 aliphatic rings. The maximum Gasteiger partial charge on any atom is 0.253 e. The average Bonchev–Trinajstić information content (AvgIpc) is 2.73. The molecule has 0 radical (unpaired) electrons. The van der Waals surface area contributed by atoms with Gasteiger partial charge in [-0.1, -0.05) is 17.7 Å². The number of aryl methyl sites for hydroxylation is 2. The molecule has 5 nitrogen and oxygen atoms in total. The van der Waals surface area contributed by atoms with Gasteiger partial charge in [-0.15, -0.1) is 10.2 Å². The molecule has 2 aromatic rings. The molecule has 0 spiro atoms. The summed E-state index contributed by atoms with van der Waals surface area (Å²) in [5.41, 5.74) is 8.06. The Morgan fingerprint density at radius 1 is 1.33 bits per heavy atom. The van der Waals surface area contributed by atoms with Crippen LogP contribution in [0.5, 0.6) is 5.75 Å². The van der Waals surface area contributed by atoms with Gasteiger partial charge in [0.2, 0.25) is 5.89 Å². The molecule has 0 saturated carbocycles. The molecule has 0 saturated heterocycles. The molecule has 0 bridgehead atoms. The van der Waals surface area contributed by atoms with Crippen molar-refractivity contribution in [2.45, 2.75) is 33.4 Å². The SMILES string of the molecule is Cc1ccc(OCc2nnc(C)o2)c(C(C)N)c1. The van der Waals surface area contributed by atoms with Gasteiger partial charge in [0.1, 0.15) is 5.75 Å². The molecule has 2 rings (SSSR count). The van der Waals surface area contributed by atoms with E-state index in [0.29, 0.717) is 11.8 Å². The summed E-state index contributed by atoms with van der Waals surface area (Å²) in [6, 6.07) is 5.85. The van der Waals surface area contributed by atoms with Crippen LogP contribution >= 0.6 is 0 Å². The minimum absolute atomic E-state index is 0.0793. The molecule has 0 amide bonds. The van der Waals surface area contributed by atoms with Crippen molar-refractivity contribution in [1.82, 2.24) is 10.2 Å². The first-order valence-corrected chi connectivity index (χ1v) is 5.84. The maximum absolute atomic E-state index is 5.93. The van der Waals surface area contributed by atoms with E-state index in [4.69, 9.17) is 14.9 Å². The zero-order valence-electron chi connectivity index (χ0n) is 10.8. The van der Waals surface area contributed by atoms with E-state index in [1.54, 1.807) is 6.92 Å². The Morgan fingerprint density at radius 3 is 2.72 bits per heavy atom. The van der Waals surface area contributed by atoms with Crippen molar-refractivity contribution in [2.24, 2.45) is 5.73 Å². The second-order valence-corrected chi connectivity index (χ2v) is 4.33. The lowest BCUT2D eigenvalue weighted by atomic mass is 10.1. The summed E-state index contributed by atoms with van der Waals surface area (Å²) in [5, 5.41) is 7.63. The number of rotatable bonds is 4. The summed E-state index contributed by atoms with van der Waals surface area (Å²) < 4.78 is 10.9. The zero-order valence-corrected chi connectivity index (χ0v) is 10.8. The van der Waals surface area contributed by atoms with E-state index in [1.807, 2.05) is 32.0 Å². The van der Waals surface area contributed by atoms with Crippen LogP contribution in [0.3, 0.4) is 0 Å². The molecule has 1 heterocycles. The van der Waals surface area contributed by atoms with E-state index < -0.39 is 0 Å². The number of ether oxygens (including phenoxy) is 1. The van der Waals surface area contributed by atoms with Crippen molar-refractivity contribution >= 4 is 0 Å². The number of nitrogens with zero attached hydrogens (tertiary/aromatic N) is 2. The van der Waals surface area contributed by atoms with Crippen LogP contribution in [0.4, 0.5) is 0 Å². The first-order valence-electron chi connectivity index (χ1n) is 5.84. The van der Waals surface area contributed by atoms with Crippen LogP contribution in [0.15, 0.2) is 22.6 Å². The van der Waals surface area contributed by atoms with Gasteiger partial charge in [-0.2, -0.15) is 0 Å². The van der Waals surface area contributed by atoms with Gasteiger partial charge in [0.15, 0.2) is 6.61 Å². The lowest BCUT2D eigenvalue weighted by molar-refractivity contribution is 0.257. The maximum atomic E-state index is 5.93. The van der Waals surface area contributed by atoms with Crippen LogP contribution in [0.2, 0.25) is 0 Å². The summed E-state index contributed by atoms with van der Waals surface area (Å²) in [6.45, 7) is 5.95. The molecule has 0 aliphatic heterocycles. The fourth-order valence-corrected chi connectivity index (χ4v) is 1.69. The lowest BCUT2D eigenvalue weighted by Gasteiger charge is -2.13. The van der Waals surface area contributed by atoms with E-state index >= 15 is 0 Å². The molecule has 1 atom stereocenters. The second kappa shape index (κ2) is 5.18. The van der Waals surface area contributed by atoms with E-state index in [2.05, 4.69) is 10.2 Å². The summed E-state index contributed by atoms with van der Waals surface area (Å²) in [5.74, 6) is 1.75. The van der Waals surface area contributed by atoms with Gasteiger partial charge < -0.3 is 14.9 Å². The molecule has 1 aromatic heterocycles. The van der Waals surface area contributed by atoms with E-state index in [-0.39, 0.29) is 12.6 Å². The lowest BCUT2D eigenvalue weighted by Crippen LogP contribution is -2.08. The smallest absolute Gasteiger partial charge is 0.253 e. The molecular weight excluding hydrogens is 230 g/mol. The highest BCUT2D eigenvalue weighted by molar-refractivity contribution is 5.38. The first kappa shape index (κ1) is 12.6. The third kappa shape index (κ3) is 2.87. The molecule has 2 N–H and O–H groups in total. The number of hydrogen-bond acceptors (Lipinski definition) is 5. The van der Waals surface area contributed by atoms with Crippen LogP contribution in [-0.2, 0) is 6.61 Å². The first-order chi connectivity index (χ1) is 8.56. The largest absolute Gasteiger partial charge is 0.483 e. The average molecular weight is 247 g/mol. The second-order valence-electron chi connectivity index (χ2n) is 4.33. The van der Waals surface area contributed by atoms with Crippen LogP contribution in [-0.4, -0.2) is 10.2 Å². The van der Waals surface area contributed by atoms with Crippen LogP contribution in [0.1, 0.15) is 35.9 Å². The Bertz CT molecular complexity index is 535. The van der Waals surface area contributed by atoms with Gasteiger partial charge >= 0.3 is 0 Å². The van der Waals surface area contributed by atoms with Crippen molar-refractivity contribution in [3.8, 4) is 5.75 Å². The quantitative estimate of drug-likeness (QED) is 0.897. The third-order valence-electron chi connectivity index (χ3n) is 2.57. The molecule has 1 unspecified atom stereocenters. The van der Waals surface area contributed by atoms with E-state index in [9.17, 15) is 0 Å². The molecule has 0 aliphatic carbocycles. The summed E-state index contributed by atoms with van der Waals surface area (Å²) in [4.78, 5) is 0. The topological polar surface area (TPSA) is 74.2 Å². The van der Waals surface area contributed by atoms with E-state index in [0.717, 1.165) is 16.9 Å². The number of hydrogen-bond donors (Lipinski definition) is 1. The Hall–Kier alpha value is -1.88.